The van der Waals surface area contributed by atoms with Gasteiger partial charge in [-0.3, -0.25) is 9.69 Å². The maximum Gasteiger partial charge on any atom is 0.356 e. The number of tetrazole rings is 1. The quantitative estimate of drug-likeness (QED) is 0.397. The molecule has 0 bridgehead atoms. The molecule has 1 amide bonds. The minimum Gasteiger partial charge on any atom is -0.448 e. The number of aryl methyl sites for hydroxylation is 1. The normalized spacial score (nSPS) is 19.4. The van der Waals surface area contributed by atoms with Crippen LogP contribution in [0.1, 0.15) is 23.1 Å². The SMILES string of the molecule is Cl.Cn1nnnc1/C=C/C1=C(C(=O)OC(c2ccccc2)c2ccccc2)N2C(=O)C(N)C2SC1. The maximum absolute atomic E-state index is 13.6. The number of hydrogen-bond donors (Lipinski definition) is 1. The molecular formula is C24H23ClN6O3S. The molecule has 35 heavy (non-hydrogen) atoms. The van der Waals surface area contributed by atoms with Crippen molar-refractivity contribution in [2.45, 2.75) is 17.5 Å². The number of aromatic nitrogens is 4. The minimum atomic E-state index is -0.639. The topological polar surface area (TPSA) is 116 Å². The van der Waals surface area contributed by atoms with Gasteiger partial charge in [0.05, 0.1) is 0 Å². The van der Waals surface area contributed by atoms with Crippen molar-refractivity contribution in [1.82, 2.24) is 25.1 Å². The zero-order valence-corrected chi connectivity index (χ0v) is 20.4. The molecule has 2 atom stereocenters. The molecule has 5 rings (SSSR count). The van der Waals surface area contributed by atoms with Crippen LogP contribution in [0.2, 0.25) is 0 Å². The third-order valence-corrected chi connectivity index (χ3v) is 7.07. The minimum absolute atomic E-state index is 0. The molecule has 3 heterocycles. The molecule has 9 nitrogen and oxygen atoms in total. The summed E-state index contributed by atoms with van der Waals surface area (Å²) < 4.78 is 7.58. The summed E-state index contributed by atoms with van der Waals surface area (Å²) in [6.07, 6.45) is 2.83. The van der Waals surface area contributed by atoms with Gasteiger partial charge in [0.1, 0.15) is 17.1 Å². The lowest BCUT2D eigenvalue weighted by Crippen LogP contribution is -2.68. The summed E-state index contributed by atoms with van der Waals surface area (Å²) >= 11 is 1.51. The molecule has 2 N–H and O–H groups in total. The van der Waals surface area contributed by atoms with E-state index in [1.165, 1.54) is 21.3 Å². The van der Waals surface area contributed by atoms with Gasteiger partial charge in [-0.1, -0.05) is 66.7 Å². The molecule has 2 unspecified atom stereocenters. The number of carbonyl (C=O) groups is 2. The molecule has 0 saturated carbocycles. The summed E-state index contributed by atoms with van der Waals surface area (Å²) in [6.45, 7) is 0. The predicted molar refractivity (Wildman–Crippen MR) is 134 cm³/mol. The number of benzene rings is 2. The Hall–Kier alpha value is -3.47. The summed E-state index contributed by atoms with van der Waals surface area (Å²) in [4.78, 5) is 27.7. The number of allylic oxidation sites excluding steroid dienone is 1. The van der Waals surface area contributed by atoms with Gasteiger partial charge in [-0.15, -0.1) is 29.3 Å². The standard InChI is InChI=1S/C24H22N6O3S.ClH/c1-29-18(26-27-28-29)13-12-17-14-34-23-19(25)22(31)30(23)20(17)24(32)33-21(15-8-4-2-5-9-15)16-10-6-3-7-11-16;/h2-13,19,21,23H,14,25H2,1H3;1H/b13-12+;. The summed E-state index contributed by atoms with van der Waals surface area (Å²) in [5, 5.41) is 11.1. The Labute approximate surface area is 212 Å². The fraction of sp³-hybridized carbons (Fsp3) is 0.208. The summed E-state index contributed by atoms with van der Waals surface area (Å²) in [5.74, 6) is 0.131. The summed E-state index contributed by atoms with van der Waals surface area (Å²) in [7, 11) is 1.72. The Morgan fingerprint density at radius 3 is 2.31 bits per heavy atom. The van der Waals surface area contributed by atoms with Crippen molar-refractivity contribution in [1.29, 1.82) is 0 Å². The van der Waals surface area contributed by atoms with E-state index in [9.17, 15) is 9.59 Å². The Kier molecular flexibility index (Phi) is 7.34. The predicted octanol–water partition coefficient (Wildman–Crippen LogP) is 2.47. The first-order valence-corrected chi connectivity index (χ1v) is 11.7. The van der Waals surface area contributed by atoms with Crippen LogP contribution >= 0.6 is 24.2 Å². The van der Waals surface area contributed by atoms with Crippen molar-refractivity contribution in [3.63, 3.8) is 0 Å². The average Bonchev–Trinajstić information content (AvgIpc) is 3.30. The number of hydrogen-bond acceptors (Lipinski definition) is 8. The largest absolute Gasteiger partial charge is 0.448 e. The monoisotopic (exact) mass is 510 g/mol. The van der Waals surface area contributed by atoms with E-state index in [0.717, 1.165) is 11.1 Å². The number of nitrogens with zero attached hydrogens (tertiary/aromatic N) is 5. The Bertz CT molecular complexity index is 1240. The highest BCUT2D eigenvalue weighted by Crippen LogP contribution is 2.41. The fourth-order valence-electron chi connectivity index (χ4n) is 3.96. The van der Waals surface area contributed by atoms with E-state index in [4.69, 9.17) is 10.5 Å². The number of fused-ring (bicyclic) bond motifs is 1. The maximum atomic E-state index is 13.6. The molecule has 1 saturated heterocycles. The molecule has 180 valence electrons. The van der Waals surface area contributed by atoms with Gasteiger partial charge >= 0.3 is 5.97 Å². The Morgan fingerprint density at radius 1 is 1.11 bits per heavy atom. The van der Waals surface area contributed by atoms with Gasteiger partial charge in [0.2, 0.25) is 5.91 Å². The molecule has 0 spiro atoms. The number of nitrogens with two attached hydrogens (primary N) is 1. The van der Waals surface area contributed by atoms with Gasteiger partial charge < -0.3 is 10.5 Å². The van der Waals surface area contributed by atoms with Crippen molar-refractivity contribution in [3.8, 4) is 0 Å². The van der Waals surface area contributed by atoms with Crippen LogP contribution in [0.25, 0.3) is 6.08 Å². The van der Waals surface area contributed by atoms with Crippen LogP contribution in [-0.4, -0.2) is 54.2 Å². The highest BCUT2D eigenvalue weighted by atomic mass is 35.5. The fourth-order valence-corrected chi connectivity index (χ4v) is 5.22. The summed E-state index contributed by atoms with van der Waals surface area (Å²) in [5.41, 5.74) is 8.52. The van der Waals surface area contributed by atoms with Crippen LogP contribution in [0, 0.1) is 0 Å². The number of β-lactam (4-membered cyclic amide) rings is 1. The van der Waals surface area contributed by atoms with Gasteiger partial charge in [-0.2, -0.15) is 0 Å². The van der Waals surface area contributed by atoms with E-state index in [2.05, 4.69) is 15.5 Å². The van der Waals surface area contributed by atoms with Crippen LogP contribution < -0.4 is 5.73 Å². The Morgan fingerprint density at radius 2 is 1.74 bits per heavy atom. The van der Waals surface area contributed by atoms with Crippen LogP contribution in [0.15, 0.2) is 78.0 Å². The Balaban J connectivity index is 0.00000289. The third-order valence-electron chi connectivity index (χ3n) is 5.75. The smallest absolute Gasteiger partial charge is 0.356 e. The van der Waals surface area contributed by atoms with Gasteiger partial charge in [-0.25, -0.2) is 9.48 Å². The highest BCUT2D eigenvalue weighted by Gasteiger charge is 2.52. The van der Waals surface area contributed by atoms with Gasteiger partial charge in [-0.05, 0) is 33.2 Å². The average molecular weight is 511 g/mol. The van der Waals surface area contributed by atoms with E-state index < -0.39 is 18.1 Å². The molecule has 2 aliphatic heterocycles. The summed E-state index contributed by atoms with van der Waals surface area (Å²) in [6, 6.07) is 18.4. The lowest BCUT2D eigenvalue weighted by atomic mass is 10.0. The first kappa shape index (κ1) is 24.6. The van der Waals surface area contributed by atoms with E-state index in [0.29, 0.717) is 17.2 Å². The van der Waals surface area contributed by atoms with Crippen molar-refractivity contribution in [3.05, 3.63) is 95.0 Å². The molecule has 2 aromatic carbocycles. The second-order valence-electron chi connectivity index (χ2n) is 7.91. The van der Waals surface area contributed by atoms with Crippen LogP contribution in [0.4, 0.5) is 0 Å². The van der Waals surface area contributed by atoms with E-state index in [1.807, 2.05) is 60.7 Å². The number of rotatable bonds is 6. The van der Waals surface area contributed by atoms with E-state index in [1.54, 1.807) is 19.2 Å². The number of esters is 1. The molecule has 1 aromatic heterocycles. The van der Waals surface area contributed by atoms with Crippen molar-refractivity contribution < 1.29 is 14.3 Å². The molecule has 3 aromatic rings. The number of amides is 1. The highest BCUT2D eigenvalue weighted by molar-refractivity contribution is 8.00. The van der Waals surface area contributed by atoms with Gasteiger partial charge in [0, 0.05) is 12.8 Å². The molecule has 0 aliphatic carbocycles. The number of halogens is 1. The number of ether oxygens (including phenoxy) is 1. The number of thioether (sulfide) groups is 1. The zero-order valence-electron chi connectivity index (χ0n) is 18.7. The second-order valence-corrected chi connectivity index (χ2v) is 9.02. The second kappa shape index (κ2) is 10.4. The van der Waals surface area contributed by atoms with Gasteiger partial charge in [0.25, 0.3) is 0 Å². The first-order chi connectivity index (χ1) is 16.5. The molecule has 1 fully saturated rings. The van der Waals surface area contributed by atoms with Crippen molar-refractivity contribution >= 4 is 42.1 Å². The molecular weight excluding hydrogens is 488 g/mol. The van der Waals surface area contributed by atoms with Crippen LogP contribution in [-0.2, 0) is 21.4 Å². The lowest BCUT2D eigenvalue weighted by Gasteiger charge is -2.48. The molecule has 11 heteroatoms. The molecule has 0 radical (unpaired) electrons. The number of carbonyl (C=O) groups excluding carboxylic acids is 2. The van der Waals surface area contributed by atoms with Crippen molar-refractivity contribution in [2.75, 3.05) is 5.75 Å². The third kappa shape index (κ3) is 4.72. The van der Waals surface area contributed by atoms with Crippen LogP contribution in [0.5, 0.6) is 0 Å². The van der Waals surface area contributed by atoms with Crippen molar-refractivity contribution in [2.24, 2.45) is 12.8 Å². The lowest BCUT2D eigenvalue weighted by molar-refractivity contribution is -0.153. The van der Waals surface area contributed by atoms with E-state index in [-0.39, 0.29) is 29.4 Å². The zero-order chi connectivity index (χ0) is 23.7. The van der Waals surface area contributed by atoms with Crippen LogP contribution in [0.3, 0.4) is 0 Å². The first-order valence-electron chi connectivity index (χ1n) is 10.7. The van der Waals surface area contributed by atoms with E-state index >= 15 is 0 Å². The molecule has 2 aliphatic rings. The van der Waals surface area contributed by atoms with Gasteiger partial charge in [0.15, 0.2) is 11.9 Å².